The van der Waals surface area contributed by atoms with Gasteiger partial charge in [0.15, 0.2) is 0 Å². The Morgan fingerprint density at radius 1 is 1.33 bits per heavy atom. The van der Waals surface area contributed by atoms with Gasteiger partial charge in [-0.05, 0) is 63.6 Å². The Balaban J connectivity index is 1.86. The number of aromatic nitrogens is 1. The molecule has 1 aromatic rings. The Morgan fingerprint density at radius 2 is 2.06 bits per heavy atom. The zero-order valence-electron chi connectivity index (χ0n) is 10.8. The molecular formula is C14H20Br2N2. The Morgan fingerprint density at radius 3 is 2.72 bits per heavy atom. The molecule has 0 aromatic carbocycles. The van der Waals surface area contributed by atoms with Gasteiger partial charge in [-0.1, -0.05) is 19.3 Å². The number of hydrogen-bond acceptors (Lipinski definition) is 2. The first-order valence-corrected chi connectivity index (χ1v) is 8.28. The summed E-state index contributed by atoms with van der Waals surface area (Å²) in [5.41, 5.74) is 1.08. The lowest BCUT2D eigenvalue weighted by Crippen LogP contribution is -2.34. The molecule has 1 aliphatic rings. The first kappa shape index (κ1) is 14.5. The molecule has 1 atom stereocenters. The molecule has 0 amide bonds. The van der Waals surface area contributed by atoms with E-state index in [0.717, 1.165) is 27.1 Å². The van der Waals surface area contributed by atoms with Gasteiger partial charge in [0.1, 0.15) is 0 Å². The van der Waals surface area contributed by atoms with Crippen molar-refractivity contribution in [2.24, 2.45) is 5.92 Å². The highest BCUT2D eigenvalue weighted by Crippen LogP contribution is 2.26. The number of pyridine rings is 1. The molecule has 1 aromatic heterocycles. The van der Waals surface area contributed by atoms with Crippen LogP contribution in [0.4, 0.5) is 0 Å². The molecule has 0 radical (unpaired) electrons. The van der Waals surface area contributed by atoms with E-state index >= 15 is 0 Å². The predicted molar refractivity (Wildman–Crippen MR) is 82.5 cm³/mol. The van der Waals surface area contributed by atoms with Gasteiger partial charge in [-0.25, -0.2) is 0 Å². The minimum Gasteiger partial charge on any atom is -0.308 e. The van der Waals surface area contributed by atoms with Crippen LogP contribution < -0.4 is 5.32 Å². The summed E-state index contributed by atoms with van der Waals surface area (Å²) in [6.07, 6.45) is 8.83. The summed E-state index contributed by atoms with van der Waals surface area (Å²) < 4.78 is 2.08. The van der Waals surface area contributed by atoms with Gasteiger partial charge < -0.3 is 5.32 Å². The lowest BCUT2D eigenvalue weighted by Gasteiger charge is -2.28. The van der Waals surface area contributed by atoms with E-state index in [4.69, 9.17) is 0 Å². The molecule has 1 fully saturated rings. The van der Waals surface area contributed by atoms with Crippen molar-refractivity contribution < 1.29 is 0 Å². The van der Waals surface area contributed by atoms with E-state index < -0.39 is 0 Å². The topological polar surface area (TPSA) is 24.9 Å². The van der Waals surface area contributed by atoms with E-state index in [0.29, 0.717) is 6.04 Å². The molecular weight excluding hydrogens is 356 g/mol. The maximum absolute atomic E-state index is 4.44. The molecule has 1 heterocycles. The summed E-state index contributed by atoms with van der Waals surface area (Å²) in [6, 6.07) is 2.64. The van der Waals surface area contributed by atoms with Crippen molar-refractivity contribution in [2.75, 3.05) is 0 Å². The Hall–Kier alpha value is 0.0700. The van der Waals surface area contributed by atoms with Crippen LogP contribution in [-0.2, 0) is 6.54 Å². The van der Waals surface area contributed by atoms with Crippen LogP contribution in [0.5, 0.6) is 0 Å². The number of nitrogens with one attached hydrogen (secondary N) is 1. The van der Waals surface area contributed by atoms with Crippen LogP contribution in [-0.4, -0.2) is 11.0 Å². The zero-order chi connectivity index (χ0) is 13.0. The monoisotopic (exact) mass is 374 g/mol. The smallest absolute Gasteiger partial charge is 0.0684 e. The van der Waals surface area contributed by atoms with Crippen molar-refractivity contribution in [1.82, 2.24) is 10.3 Å². The van der Waals surface area contributed by atoms with Gasteiger partial charge in [-0.3, -0.25) is 4.98 Å². The van der Waals surface area contributed by atoms with Crippen LogP contribution in [0.1, 0.15) is 44.7 Å². The second-order valence-electron chi connectivity index (χ2n) is 5.15. The lowest BCUT2D eigenvalue weighted by atomic mass is 9.84. The second-order valence-corrected chi connectivity index (χ2v) is 6.92. The third-order valence-electron chi connectivity index (χ3n) is 3.83. The molecule has 100 valence electrons. The highest BCUT2D eigenvalue weighted by molar-refractivity contribution is 9.11. The summed E-state index contributed by atoms with van der Waals surface area (Å²) in [4.78, 5) is 4.44. The maximum atomic E-state index is 4.44. The largest absolute Gasteiger partial charge is 0.308 e. The van der Waals surface area contributed by atoms with Crippen LogP contribution in [0.3, 0.4) is 0 Å². The Labute approximate surface area is 126 Å². The van der Waals surface area contributed by atoms with Crippen LogP contribution in [0.15, 0.2) is 21.2 Å². The zero-order valence-corrected chi connectivity index (χ0v) is 13.9. The molecule has 0 spiro atoms. The van der Waals surface area contributed by atoms with Crippen molar-refractivity contribution in [3.8, 4) is 0 Å². The first-order valence-electron chi connectivity index (χ1n) is 6.70. The molecule has 2 rings (SSSR count). The van der Waals surface area contributed by atoms with Crippen molar-refractivity contribution in [2.45, 2.75) is 51.6 Å². The van der Waals surface area contributed by atoms with Crippen LogP contribution in [0.2, 0.25) is 0 Å². The van der Waals surface area contributed by atoms with E-state index in [1.165, 1.54) is 32.1 Å². The predicted octanol–water partition coefficient (Wildman–Crippen LogP) is 4.67. The van der Waals surface area contributed by atoms with Crippen molar-refractivity contribution in [3.63, 3.8) is 0 Å². The number of rotatable bonds is 4. The molecule has 1 saturated carbocycles. The van der Waals surface area contributed by atoms with E-state index in [1.807, 2.05) is 6.20 Å². The molecule has 2 nitrogen and oxygen atoms in total. The average molecular weight is 376 g/mol. The third-order valence-corrected chi connectivity index (χ3v) is 4.95. The van der Waals surface area contributed by atoms with Gasteiger partial charge in [0.05, 0.1) is 5.69 Å². The molecule has 1 N–H and O–H groups in total. The third kappa shape index (κ3) is 4.04. The highest BCUT2D eigenvalue weighted by atomic mass is 79.9. The summed E-state index contributed by atoms with van der Waals surface area (Å²) in [5, 5.41) is 3.62. The van der Waals surface area contributed by atoms with Crippen LogP contribution in [0, 0.1) is 5.92 Å². The average Bonchev–Trinajstić information content (AvgIpc) is 2.38. The van der Waals surface area contributed by atoms with Gasteiger partial charge in [0.2, 0.25) is 0 Å². The summed E-state index contributed by atoms with van der Waals surface area (Å²) in [5.74, 6) is 0.841. The second kappa shape index (κ2) is 7.01. The first-order chi connectivity index (χ1) is 8.66. The minimum absolute atomic E-state index is 0.586. The highest BCUT2D eigenvalue weighted by Gasteiger charge is 2.19. The SMILES string of the molecule is C[C@@H](NCc1ncc(Br)cc1Br)C1CCCCC1. The quantitative estimate of drug-likeness (QED) is 0.827. The van der Waals surface area contributed by atoms with E-state index in [1.54, 1.807) is 0 Å². The van der Waals surface area contributed by atoms with Crippen LogP contribution in [0.25, 0.3) is 0 Å². The molecule has 0 aliphatic heterocycles. The Bertz CT molecular complexity index is 389. The molecule has 1 aliphatic carbocycles. The summed E-state index contributed by atoms with van der Waals surface area (Å²) in [6.45, 7) is 3.15. The normalized spacial score (nSPS) is 18.8. The van der Waals surface area contributed by atoms with Crippen molar-refractivity contribution in [3.05, 3.63) is 26.9 Å². The lowest BCUT2D eigenvalue weighted by molar-refractivity contribution is 0.280. The van der Waals surface area contributed by atoms with E-state index in [-0.39, 0.29) is 0 Å². The van der Waals surface area contributed by atoms with E-state index in [2.05, 4.69) is 55.2 Å². The molecule has 4 heteroatoms. The minimum atomic E-state index is 0.586. The van der Waals surface area contributed by atoms with E-state index in [9.17, 15) is 0 Å². The fraction of sp³-hybridized carbons (Fsp3) is 0.643. The Kier molecular flexibility index (Phi) is 5.64. The maximum Gasteiger partial charge on any atom is 0.0684 e. The molecule has 0 bridgehead atoms. The van der Waals surface area contributed by atoms with Gasteiger partial charge in [0, 0.05) is 27.7 Å². The van der Waals surface area contributed by atoms with Crippen molar-refractivity contribution in [1.29, 1.82) is 0 Å². The number of hydrogen-bond donors (Lipinski definition) is 1. The fourth-order valence-corrected chi connectivity index (χ4v) is 3.76. The van der Waals surface area contributed by atoms with Gasteiger partial charge in [-0.2, -0.15) is 0 Å². The van der Waals surface area contributed by atoms with Gasteiger partial charge in [-0.15, -0.1) is 0 Å². The standard InChI is InChI=1S/C14H20Br2N2/c1-10(11-5-3-2-4-6-11)17-9-14-13(16)7-12(15)8-18-14/h7-8,10-11,17H,2-6,9H2,1H3/t10-/m1/s1. The fourth-order valence-electron chi connectivity index (χ4n) is 2.63. The molecule has 18 heavy (non-hydrogen) atoms. The number of nitrogens with zero attached hydrogens (tertiary/aromatic N) is 1. The molecule has 0 unspecified atom stereocenters. The summed E-state index contributed by atoms with van der Waals surface area (Å²) in [7, 11) is 0. The van der Waals surface area contributed by atoms with Gasteiger partial charge in [0.25, 0.3) is 0 Å². The summed E-state index contributed by atoms with van der Waals surface area (Å²) >= 11 is 6.99. The molecule has 0 saturated heterocycles. The van der Waals surface area contributed by atoms with Gasteiger partial charge >= 0.3 is 0 Å². The van der Waals surface area contributed by atoms with Crippen molar-refractivity contribution >= 4 is 31.9 Å². The van der Waals surface area contributed by atoms with Crippen LogP contribution >= 0.6 is 31.9 Å². The number of halogens is 2.